The monoisotopic (exact) mass is 225 g/mol. The molecule has 1 aromatic rings. The zero-order valence-electron chi connectivity index (χ0n) is 9.76. The van der Waals surface area contributed by atoms with Crippen LogP contribution in [0.15, 0.2) is 12.3 Å². The molecule has 0 radical (unpaired) electrons. The number of aliphatic carboxylic acids is 1. The fourth-order valence-corrected chi connectivity index (χ4v) is 1.48. The number of rotatable bonds is 6. The van der Waals surface area contributed by atoms with Crippen molar-refractivity contribution in [3.8, 4) is 0 Å². The minimum absolute atomic E-state index is 0.0816. The van der Waals surface area contributed by atoms with Crippen molar-refractivity contribution in [2.24, 2.45) is 11.7 Å². The highest BCUT2D eigenvalue weighted by Gasteiger charge is 2.11. The predicted octanol–water partition coefficient (Wildman–Crippen LogP) is 1.40. The van der Waals surface area contributed by atoms with E-state index < -0.39 is 5.97 Å². The van der Waals surface area contributed by atoms with Gasteiger partial charge in [-0.3, -0.25) is 9.48 Å². The Morgan fingerprint density at radius 3 is 2.88 bits per heavy atom. The van der Waals surface area contributed by atoms with Gasteiger partial charge in [0.05, 0.1) is 5.69 Å². The van der Waals surface area contributed by atoms with Crippen LogP contribution in [0.3, 0.4) is 0 Å². The number of hydrogen-bond donors (Lipinski definition) is 2. The summed E-state index contributed by atoms with van der Waals surface area (Å²) in [6.45, 7) is 5.09. The molecule has 0 saturated carbocycles. The van der Waals surface area contributed by atoms with Crippen molar-refractivity contribution < 1.29 is 9.90 Å². The SMILES string of the molecule is CC(C)Cn1ccc(C(N)CCC(=O)O)n1. The topological polar surface area (TPSA) is 81.1 Å². The molecule has 16 heavy (non-hydrogen) atoms. The molecule has 0 spiro atoms. The minimum atomic E-state index is -0.822. The minimum Gasteiger partial charge on any atom is -0.481 e. The average molecular weight is 225 g/mol. The number of aromatic nitrogens is 2. The van der Waals surface area contributed by atoms with Crippen LogP contribution in [0, 0.1) is 5.92 Å². The van der Waals surface area contributed by atoms with Crippen LogP contribution in [0.2, 0.25) is 0 Å². The molecule has 1 unspecified atom stereocenters. The number of nitrogens with two attached hydrogens (primary N) is 1. The maximum absolute atomic E-state index is 10.4. The summed E-state index contributed by atoms with van der Waals surface area (Å²) in [5.74, 6) is -0.292. The molecule has 1 heterocycles. The quantitative estimate of drug-likeness (QED) is 0.766. The van der Waals surface area contributed by atoms with Crippen LogP contribution in [-0.4, -0.2) is 20.9 Å². The molecule has 0 aromatic carbocycles. The molecule has 90 valence electrons. The van der Waals surface area contributed by atoms with Crippen LogP contribution < -0.4 is 5.73 Å². The molecule has 5 nitrogen and oxygen atoms in total. The second-order valence-electron chi connectivity index (χ2n) is 4.40. The molecule has 0 fully saturated rings. The third-order valence-electron chi connectivity index (χ3n) is 2.26. The van der Waals surface area contributed by atoms with E-state index in [1.165, 1.54) is 0 Å². The summed E-state index contributed by atoms with van der Waals surface area (Å²) < 4.78 is 1.85. The van der Waals surface area contributed by atoms with Gasteiger partial charge in [0, 0.05) is 25.2 Å². The first-order valence-corrected chi connectivity index (χ1v) is 5.49. The van der Waals surface area contributed by atoms with Gasteiger partial charge >= 0.3 is 5.97 Å². The number of nitrogens with zero attached hydrogens (tertiary/aromatic N) is 2. The Balaban J connectivity index is 2.52. The van der Waals surface area contributed by atoms with Crippen molar-refractivity contribution in [2.75, 3.05) is 0 Å². The molecule has 0 aliphatic rings. The highest BCUT2D eigenvalue weighted by molar-refractivity contribution is 5.66. The average Bonchev–Trinajstić information content (AvgIpc) is 2.61. The van der Waals surface area contributed by atoms with Crippen molar-refractivity contribution in [3.05, 3.63) is 18.0 Å². The zero-order valence-corrected chi connectivity index (χ0v) is 9.76. The molecule has 0 saturated heterocycles. The van der Waals surface area contributed by atoms with Crippen LogP contribution in [0.4, 0.5) is 0 Å². The lowest BCUT2D eigenvalue weighted by molar-refractivity contribution is -0.137. The Labute approximate surface area is 95.3 Å². The van der Waals surface area contributed by atoms with Crippen molar-refractivity contribution in [2.45, 2.75) is 39.3 Å². The number of carboxylic acid groups (broad SMARTS) is 1. The molecule has 0 aliphatic heterocycles. The summed E-state index contributed by atoms with van der Waals surface area (Å²) >= 11 is 0. The van der Waals surface area contributed by atoms with Gasteiger partial charge in [-0.15, -0.1) is 0 Å². The van der Waals surface area contributed by atoms with E-state index >= 15 is 0 Å². The van der Waals surface area contributed by atoms with E-state index in [9.17, 15) is 4.79 Å². The Bertz CT molecular complexity index is 347. The van der Waals surface area contributed by atoms with Gasteiger partial charge < -0.3 is 10.8 Å². The van der Waals surface area contributed by atoms with Crippen molar-refractivity contribution in [3.63, 3.8) is 0 Å². The summed E-state index contributed by atoms with van der Waals surface area (Å²) in [5, 5.41) is 12.9. The highest BCUT2D eigenvalue weighted by Crippen LogP contribution is 2.13. The van der Waals surface area contributed by atoms with Crippen LogP contribution in [0.1, 0.15) is 38.4 Å². The van der Waals surface area contributed by atoms with E-state index in [1.807, 2.05) is 16.9 Å². The van der Waals surface area contributed by atoms with Gasteiger partial charge in [0.15, 0.2) is 0 Å². The van der Waals surface area contributed by atoms with E-state index in [4.69, 9.17) is 10.8 Å². The molecule has 5 heteroatoms. The molecule has 0 bridgehead atoms. The summed E-state index contributed by atoms with van der Waals surface area (Å²) in [6.07, 6.45) is 2.39. The number of carbonyl (C=O) groups is 1. The molecule has 1 atom stereocenters. The van der Waals surface area contributed by atoms with Gasteiger partial charge in [0.1, 0.15) is 0 Å². The maximum Gasteiger partial charge on any atom is 0.303 e. The van der Waals surface area contributed by atoms with Gasteiger partial charge in [0.2, 0.25) is 0 Å². The lowest BCUT2D eigenvalue weighted by atomic mass is 10.1. The second kappa shape index (κ2) is 5.65. The highest BCUT2D eigenvalue weighted by atomic mass is 16.4. The van der Waals surface area contributed by atoms with E-state index in [2.05, 4.69) is 18.9 Å². The molecular weight excluding hydrogens is 206 g/mol. The standard InChI is InChI=1S/C11H19N3O2/c1-8(2)7-14-6-5-10(13-14)9(12)3-4-11(15)16/h5-6,8-9H,3-4,7,12H2,1-2H3,(H,15,16). The van der Waals surface area contributed by atoms with Gasteiger partial charge in [-0.05, 0) is 18.4 Å². The largest absolute Gasteiger partial charge is 0.481 e. The number of carboxylic acids is 1. The lowest BCUT2D eigenvalue weighted by Gasteiger charge is -2.07. The maximum atomic E-state index is 10.4. The second-order valence-corrected chi connectivity index (χ2v) is 4.40. The summed E-state index contributed by atoms with van der Waals surface area (Å²) in [4.78, 5) is 10.4. The Kier molecular flexibility index (Phi) is 4.49. The third-order valence-corrected chi connectivity index (χ3v) is 2.26. The molecular formula is C11H19N3O2. The first kappa shape index (κ1) is 12.7. The van der Waals surface area contributed by atoms with E-state index in [1.54, 1.807) is 0 Å². The van der Waals surface area contributed by atoms with Gasteiger partial charge in [0.25, 0.3) is 0 Å². The van der Waals surface area contributed by atoms with Crippen LogP contribution >= 0.6 is 0 Å². The van der Waals surface area contributed by atoms with Crippen LogP contribution in [-0.2, 0) is 11.3 Å². The summed E-state index contributed by atoms with van der Waals surface area (Å²) in [6, 6.07) is 1.57. The fourth-order valence-electron chi connectivity index (χ4n) is 1.48. The zero-order chi connectivity index (χ0) is 12.1. The molecule has 0 aliphatic carbocycles. The van der Waals surface area contributed by atoms with Crippen molar-refractivity contribution in [1.29, 1.82) is 0 Å². The smallest absolute Gasteiger partial charge is 0.303 e. The fraction of sp³-hybridized carbons (Fsp3) is 0.636. The first-order chi connectivity index (χ1) is 7.49. The summed E-state index contributed by atoms with van der Waals surface area (Å²) in [5.41, 5.74) is 6.61. The predicted molar refractivity (Wildman–Crippen MR) is 60.9 cm³/mol. The van der Waals surface area contributed by atoms with Crippen molar-refractivity contribution >= 4 is 5.97 Å². The van der Waals surface area contributed by atoms with E-state index in [0.29, 0.717) is 12.3 Å². The van der Waals surface area contributed by atoms with Crippen molar-refractivity contribution in [1.82, 2.24) is 9.78 Å². The first-order valence-electron chi connectivity index (χ1n) is 5.49. The number of hydrogen-bond acceptors (Lipinski definition) is 3. The van der Waals surface area contributed by atoms with E-state index in [0.717, 1.165) is 12.2 Å². The normalized spacial score (nSPS) is 13.0. The van der Waals surface area contributed by atoms with Gasteiger partial charge in [-0.2, -0.15) is 5.10 Å². The molecule has 1 aromatic heterocycles. The van der Waals surface area contributed by atoms with Crippen LogP contribution in [0.5, 0.6) is 0 Å². The van der Waals surface area contributed by atoms with Gasteiger partial charge in [-0.25, -0.2) is 0 Å². The molecule has 0 amide bonds. The lowest BCUT2D eigenvalue weighted by Crippen LogP contribution is -2.14. The van der Waals surface area contributed by atoms with Crippen LogP contribution in [0.25, 0.3) is 0 Å². The Hall–Kier alpha value is -1.36. The molecule has 1 rings (SSSR count). The molecule has 3 N–H and O–H groups in total. The van der Waals surface area contributed by atoms with E-state index in [-0.39, 0.29) is 12.5 Å². The Morgan fingerprint density at radius 2 is 2.31 bits per heavy atom. The van der Waals surface area contributed by atoms with Gasteiger partial charge in [-0.1, -0.05) is 13.8 Å². The summed E-state index contributed by atoms with van der Waals surface area (Å²) in [7, 11) is 0. The third kappa shape index (κ3) is 4.02. The Morgan fingerprint density at radius 1 is 1.62 bits per heavy atom.